The van der Waals surface area contributed by atoms with Crippen LogP contribution in [0.3, 0.4) is 0 Å². The Hall–Kier alpha value is -3.19. The third-order valence-corrected chi connectivity index (χ3v) is 4.90. The van der Waals surface area contributed by atoms with E-state index in [1.807, 2.05) is 19.9 Å². The Kier molecular flexibility index (Phi) is 5.98. The highest BCUT2D eigenvalue weighted by atomic mass is 16.7. The zero-order chi connectivity index (χ0) is 21.0. The molecule has 0 aliphatic carbocycles. The lowest BCUT2D eigenvalue weighted by molar-refractivity contribution is -0.486. The topological polar surface area (TPSA) is 121 Å². The molecule has 2 aliphatic rings. The SMILES string of the molecule is CC1(C)CC(CN2CCN(C(=O)OCc3cccc(C#N)c3)C2=N[N+](=O)[O-])CO1. The highest BCUT2D eigenvalue weighted by Crippen LogP contribution is 2.30. The van der Waals surface area contributed by atoms with E-state index >= 15 is 0 Å². The fourth-order valence-electron chi connectivity index (χ4n) is 3.67. The van der Waals surface area contributed by atoms with Gasteiger partial charge in [-0.05, 0) is 38.0 Å². The number of hydrogen-bond acceptors (Lipinski definition) is 6. The van der Waals surface area contributed by atoms with Crippen molar-refractivity contribution in [3.05, 3.63) is 45.5 Å². The quantitative estimate of drug-likeness (QED) is 0.547. The zero-order valence-corrected chi connectivity index (χ0v) is 16.4. The highest BCUT2D eigenvalue weighted by molar-refractivity contribution is 5.95. The second-order valence-electron chi connectivity index (χ2n) is 7.74. The Labute approximate surface area is 168 Å². The molecule has 1 aromatic carbocycles. The number of carbonyl (C=O) groups excluding carboxylic acids is 1. The summed E-state index contributed by atoms with van der Waals surface area (Å²) in [6.45, 7) is 5.74. The van der Waals surface area contributed by atoms with Gasteiger partial charge in [-0.3, -0.25) is 0 Å². The number of rotatable bonds is 5. The van der Waals surface area contributed by atoms with Gasteiger partial charge in [0, 0.05) is 19.0 Å². The fraction of sp³-hybridized carbons (Fsp3) is 0.526. The molecule has 1 aromatic rings. The molecule has 2 fully saturated rings. The first kappa shape index (κ1) is 20.5. The number of guanidine groups is 1. The van der Waals surface area contributed by atoms with Gasteiger partial charge in [-0.15, -0.1) is 0 Å². The second kappa shape index (κ2) is 8.45. The van der Waals surface area contributed by atoms with Crippen molar-refractivity contribution >= 4 is 12.1 Å². The van der Waals surface area contributed by atoms with Gasteiger partial charge >= 0.3 is 6.09 Å². The number of carbonyl (C=O) groups is 1. The summed E-state index contributed by atoms with van der Waals surface area (Å²) < 4.78 is 11.0. The van der Waals surface area contributed by atoms with E-state index in [2.05, 4.69) is 5.10 Å². The van der Waals surface area contributed by atoms with E-state index in [0.29, 0.717) is 30.8 Å². The molecule has 10 nitrogen and oxygen atoms in total. The smallest absolute Gasteiger partial charge is 0.417 e. The van der Waals surface area contributed by atoms with Crippen molar-refractivity contribution in [1.29, 1.82) is 5.26 Å². The first-order valence-electron chi connectivity index (χ1n) is 9.32. The van der Waals surface area contributed by atoms with Crippen molar-refractivity contribution in [2.75, 3.05) is 26.2 Å². The summed E-state index contributed by atoms with van der Waals surface area (Å²) in [5.74, 6) is 0.183. The average molecular weight is 401 g/mol. The molecule has 10 heteroatoms. The monoisotopic (exact) mass is 401 g/mol. The summed E-state index contributed by atoms with van der Waals surface area (Å²) in [6, 6.07) is 8.73. The Morgan fingerprint density at radius 2 is 2.28 bits per heavy atom. The number of amides is 1. The van der Waals surface area contributed by atoms with Crippen molar-refractivity contribution in [2.45, 2.75) is 32.5 Å². The Bertz CT molecular complexity index is 863. The molecule has 1 atom stereocenters. The van der Waals surface area contributed by atoms with Crippen LogP contribution in [0.5, 0.6) is 0 Å². The Morgan fingerprint density at radius 3 is 2.93 bits per heavy atom. The molecular formula is C19H23N5O5. The van der Waals surface area contributed by atoms with Crippen LogP contribution in [-0.2, 0) is 16.1 Å². The predicted molar refractivity (Wildman–Crippen MR) is 102 cm³/mol. The standard InChI is InChI=1S/C19H23N5O5/c1-19(2)9-16(13-29-19)11-22-6-7-23(17(22)21-24(26)27)18(25)28-12-15-5-3-4-14(8-15)10-20/h3-5,8,16H,6-7,9,11-13H2,1-2H3. The number of nitro groups is 1. The van der Waals surface area contributed by atoms with Gasteiger partial charge in [-0.25, -0.2) is 19.8 Å². The lowest BCUT2D eigenvalue weighted by atomic mass is 9.97. The van der Waals surface area contributed by atoms with Gasteiger partial charge in [0.25, 0.3) is 5.96 Å². The van der Waals surface area contributed by atoms with E-state index in [-0.39, 0.29) is 30.6 Å². The Morgan fingerprint density at radius 1 is 1.48 bits per heavy atom. The van der Waals surface area contributed by atoms with Crippen LogP contribution in [0.2, 0.25) is 0 Å². The van der Waals surface area contributed by atoms with Crippen molar-refractivity contribution in [1.82, 2.24) is 9.80 Å². The van der Waals surface area contributed by atoms with Gasteiger partial charge in [-0.2, -0.15) is 5.26 Å². The van der Waals surface area contributed by atoms with Gasteiger partial charge < -0.3 is 14.4 Å². The minimum atomic E-state index is -0.806. The van der Waals surface area contributed by atoms with Crippen LogP contribution in [0.4, 0.5) is 4.79 Å². The molecule has 0 N–H and O–H groups in total. The van der Waals surface area contributed by atoms with E-state index in [9.17, 15) is 14.9 Å². The van der Waals surface area contributed by atoms with Gasteiger partial charge in [0.05, 0.1) is 30.4 Å². The number of nitriles is 1. The second-order valence-corrected chi connectivity index (χ2v) is 7.74. The number of benzene rings is 1. The number of ether oxygens (including phenoxy) is 2. The van der Waals surface area contributed by atoms with Crippen LogP contribution in [0.25, 0.3) is 0 Å². The van der Waals surface area contributed by atoms with Crippen LogP contribution in [-0.4, -0.2) is 58.7 Å². The lowest BCUT2D eigenvalue weighted by Gasteiger charge is -2.22. The van der Waals surface area contributed by atoms with E-state index < -0.39 is 11.1 Å². The van der Waals surface area contributed by atoms with Gasteiger partial charge in [-0.1, -0.05) is 12.1 Å². The molecule has 29 heavy (non-hydrogen) atoms. The molecule has 0 spiro atoms. The van der Waals surface area contributed by atoms with Crippen molar-refractivity contribution in [3.8, 4) is 6.07 Å². The molecule has 0 bridgehead atoms. The zero-order valence-electron chi connectivity index (χ0n) is 16.4. The Balaban J connectivity index is 1.65. The fourth-order valence-corrected chi connectivity index (χ4v) is 3.67. The summed E-state index contributed by atoms with van der Waals surface area (Å²) in [6.07, 6.45) is 0.119. The van der Waals surface area contributed by atoms with Crippen LogP contribution in [0, 0.1) is 27.4 Å². The summed E-state index contributed by atoms with van der Waals surface area (Å²) in [7, 11) is 0. The molecule has 0 saturated carbocycles. The average Bonchev–Trinajstić information content (AvgIpc) is 3.22. The molecule has 2 heterocycles. The van der Waals surface area contributed by atoms with Crippen molar-refractivity contribution < 1.29 is 19.3 Å². The van der Waals surface area contributed by atoms with E-state index in [4.69, 9.17) is 14.7 Å². The van der Waals surface area contributed by atoms with Crippen LogP contribution >= 0.6 is 0 Å². The van der Waals surface area contributed by atoms with Crippen LogP contribution in [0.1, 0.15) is 31.4 Å². The van der Waals surface area contributed by atoms with E-state index in [0.717, 1.165) is 6.42 Å². The molecule has 154 valence electrons. The third-order valence-electron chi connectivity index (χ3n) is 4.90. The van der Waals surface area contributed by atoms with Crippen molar-refractivity contribution in [3.63, 3.8) is 0 Å². The molecule has 2 aliphatic heterocycles. The first-order chi connectivity index (χ1) is 13.8. The maximum Gasteiger partial charge on any atom is 0.417 e. The molecular weight excluding hydrogens is 378 g/mol. The molecule has 1 unspecified atom stereocenters. The van der Waals surface area contributed by atoms with Crippen LogP contribution < -0.4 is 0 Å². The van der Waals surface area contributed by atoms with E-state index in [1.165, 1.54) is 4.90 Å². The minimum absolute atomic E-state index is 0.0181. The third kappa shape index (κ3) is 5.20. The normalized spacial score (nSPS) is 22.0. The highest BCUT2D eigenvalue weighted by Gasteiger charge is 2.39. The number of hydrazone groups is 1. The molecule has 1 amide bonds. The molecule has 0 aromatic heterocycles. The number of hydrogen-bond donors (Lipinski definition) is 0. The maximum absolute atomic E-state index is 12.5. The first-order valence-corrected chi connectivity index (χ1v) is 9.32. The molecule has 0 radical (unpaired) electrons. The minimum Gasteiger partial charge on any atom is -0.444 e. The van der Waals surface area contributed by atoms with E-state index in [1.54, 1.807) is 29.2 Å². The van der Waals surface area contributed by atoms with Crippen LogP contribution in [0.15, 0.2) is 29.4 Å². The molecule has 2 saturated heterocycles. The largest absolute Gasteiger partial charge is 0.444 e. The summed E-state index contributed by atoms with van der Waals surface area (Å²) in [5, 5.41) is 22.6. The lowest BCUT2D eigenvalue weighted by Crippen LogP contribution is -2.40. The van der Waals surface area contributed by atoms with Crippen molar-refractivity contribution in [2.24, 2.45) is 11.0 Å². The van der Waals surface area contributed by atoms with Gasteiger partial charge in [0.2, 0.25) is 0 Å². The summed E-state index contributed by atoms with van der Waals surface area (Å²) in [4.78, 5) is 26.5. The van der Waals surface area contributed by atoms with Gasteiger partial charge in [0.1, 0.15) is 11.7 Å². The summed E-state index contributed by atoms with van der Waals surface area (Å²) >= 11 is 0. The predicted octanol–water partition coefficient (Wildman–Crippen LogP) is 2.18. The molecule has 3 rings (SSSR count). The summed E-state index contributed by atoms with van der Waals surface area (Å²) in [5.41, 5.74) is 0.899. The van der Waals surface area contributed by atoms with Gasteiger partial charge in [0.15, 0.2) is 5.03 Å². The maximum atomic E-state index is 12.5. The number of nitrogens with zero attached hydrogens (tertiary/aromatic N) is 5.